The largest absolute Gasteiger partial charge is 0.481 e. The molecule has 2 saturated heterocycles. The van der Waals surface area contributed by atoms with E-state index < -0.39 is 120 Å². The van der Waals surface area contributed by atoms with E-state index in [9.17, 15) is 53.4 Å². The molecule has 9 unspecified atom stereocenters. The summed E-state index contributed by atoms with van der Waals surface area (Å²) in [7, 11) is 1.40. The molecule has 0 aliphatic carbocycles. The van der Waals surface area contributed by atoms with E-state index in [2.05, 4.69) is 26.6 Å². The van der Waals surface area contributed by atoms with E-state index in [1.807, 2.05) is 0 Å². The van der Waals surface area contributed by atoms with Gasteiger partial charge in [0, 0.05) is 32.7 Å². The Labute approximate surface area is 391 Å². The molecule has 0 radical (unpaired) electrons. The molecular formula is C48H67N7O12. The first-order valence-corrected chi connectivity index (χ1v) is 23.0. The molecule has 7 amide bonds. The number of amides is 7. The van der Waals surface area contributed by atoms with Crippen LogP contribution >= 0.6 is 0 Å². The lowest BCUT2D eigenvalue weighted by molar-refractivity contribution is -0.165. The Morgan fingerprint density at radius 2 is 1.39 bits per heavy atom. The average Bonchev–Trinajstić information content (AvgIpc) is 3.27. The fourth-order valence-electron chi connectivity index (χ4n) is 8.16. The standard InChI is InChI=1S/C48H67N7O12/c1-8-15-37(56)49-32(21-23-39(58)59)42(60)53-41-29(6)67-48(66)40(28(4)5)52-44(62)35(25-30-16-11-9-12-17-30)54(7)47(65)36(26-31-18-13-10-14-19-31)55-38(57)22-20-33(46(55)64)50-43(61)34(24-27(2)3)51-45(41)63/h9-14,16-19,27-29,32-36,38,40-41,57H,8,15,20-26H2,1-7H3,(H,49,56)(H,50,61)(H,51,63)(H,52,62)(H,53,60)(H,58,59). The summed E-state index contributed by atoms with van der Waals surface area (Å²) >= 11 is 0. The van der Waals surface area contributed by atoms with Crippen LogP contribution in [0, 0.1) is 11.8 Å². The molecule has 2 bridgehead atoms. The normalized spacial score (nSPS) is 25.2. The van der Waals surface area contributed by atoms with E-state index in [4.69, 9.17) is 4.74 Å². The highest BCUT2D eigenvalue weighted by Gasteiger charge is 2.46. The number of ether oxygens (including phenoxy) is 1. The number of carbonyl (C=O) groups excluding carboxylic acids is 8. The summed E-state index contributed by atoms with van der Waals surface area (Å²) < 4.78 is 5.86. The van der Waals surface area contributed by atoms with Gasteiger partial charge < -0.3 is 51.3 Å². The first kappa shape index (κ1) is 53.2. The first-order valence-electron chi connectivity index (χ1n) is 23.0. The number of likely N-dealkylation sites (N-methyl/N-ethyl adjacent to an activating group) is 1. The van der Waals surface area contributed by atoms with Gasteiger partial charge in [-0.1, -0.05) is 95.3 Å². The number of carboxylic acids is 1. The summed E-state index contributed by atoms with van der Waals surface area (Å²) in [5, 5.41) is 34.1. The van der Waals surface area contributed by atoms with Gasteiger partial charge >= 0.3 is 11.9 Å². The van der Waals surface area contributed by atoms with Gasteiger partial charge in [0.05, 0.1) is 0 Å². The zero-order valence-electron chi connectivity index (χ0n) is 39.4. The van der Waals surface area contributed by atoms with Crippen molar-refractivity contribution in [3.63, 3.8) is 0 Å². The highest BCUT2D eigenvalue weighted by atomic mass is 16.5. The second-order valence-electron chi connectivity index (χ2n) is 18.1. The van der Waals surface area contributed by atoms with Crippen molar-refractivity contribution in [2.45, 2.75) is 154 Å². The molecule has 366 valence electrons. The summed E-state index contributed by atoms with van der Waals surface area (Å²) in [5.41, 5.74) is 1.29. The smallest absolute Gasteiger partial charge is 0.329 e. The molecule has 7 N–H and O–H groups in total. The number of fused-ring (bicyclic) bond motifs is 2. The van der Waals surface area contributed by atoms with E-state index in [0.717, 1.165) is 4.90 Å². The molecule has 2 aliphatic rings. The van der Waals surface area contributed by atoms with E-state index in [-0.39, 0.29) is 50.9 Å². The van der Waals surface area contributed by atoms with Crippen molar-refractivity contribution < 1.29 is 58.1 Å². The number of carboxylic acid groups (broad SMARTS) is 1. The number of cyclic esters (lactones) is 1. The zero-order valence-corrected chi connectivity index (χ0v) is 39.4. The van der Waals surface area contributed by atoms with Crippen molar-refractivity contribution in [3.05, 3.63) is 71.8 Å². The van der Waals surface area contributed by atoms with Crippen molar-refractivity contribution in [2.75, 3.05) is 7.05 Å². The Kier molecular flexibility index (Phi) is 19.8. The van der Waals surface area contributed by atoms with E-state index in [1.54, 1.807) is 95.3 Å². The van der Waals surface area contributed by atoms with Crippen LogP contribution < -0.4 is 26.6 Å². The van der Waals surface area contributed by atoms with Crippen molar-refractivity contribution >= 4 is 53.3 Å². The Hall–Kier alpha value is -6.37. The number of hydrogen-bond acceptors (Lipinski definition) is 11. The van der Waals surface area contributed by atoms with Gasteiger partial charge in [0.15, 0.2) is 0 Å². The lowest BCUT2D eigenvalue weighted by Crippen LogP contribution is -2.65. The molecule has 19 nitrogen and oxygen atoms in total. The molecule has 2 aromatic carbocycles. The third-order valence-electron chi connectivity index (χ3n) is 11.9. The maximum Gasteiger partial charge on any atom is 0.329 e. The summed E-state index contributed by atoms with van der Waals surface area (Å²) in [6.45, 7) is 9.89. The Balaban J connectivity index is 1.86. The number of piperidine rings is 1. The number of aliphatic hydroxyl groups excluding tert-OH is 1. The molecule has 4 rings (SSSR count). The highest BCUT2D eigenvalue weighted by Crippen LogP contribution is 2.25. The number of aliphatic hydroxyl groups is 1. The molecule has 2 fully saturated rings. The predicted octanol–water partition coefficient (Wildman–Crippen LogP) is 1.34. The Morgan fingerprint density at radius 1 is 0.791 bits per heavy atom. The molecular weight excluding hydrogens is 867 g/mol. The number of nitrogens with zero attached hydrogens (tertiary/aromatic N) is 2. The van der Waals surface area contributed by atoms with Crippen LogP contribution in [0.25, 0.3) is 0 Å². The number of carbonyl (C=O) groups is 9. The summed E-state index contributed by atoms with van der Waals surface area (Å²) in [6, 6.07) is 7.76. The second-order valence-corrected chi connectivity index (χ2v) is 18.1. The summed E-state index contributed by atoms with van der Waals surface area (Å²) in [5.74, 6) is -8.69. The van der Waals surface area contributed by atoms with Crippen LogP contribution in [0.4, 0.5) is 0 Å². The fourth-order valence-corrected chi connectivity index (χ4v) is 8.16. The van der Waals surface area contributed by atoms with Crippen molar-refractivity contribution in [1.29, 1.82) is 0 Å². The van der Waals surface area contributed by atoms with Crippen LogP contribution in [-0.4, -0.2) is 135 Å². The minimum Gasteiger partial charge on any atom is -0.481 e. The third-order valence-corrected chi connectivity index (χ3v) is 11.9. The van der Waals surface area contributed by atoms with Crippen LogP contribution in [0.1, 0.15) is 97.6 Å². The number of hydrogen-bond donors (Lipinski definition) is 7. The molecule has 19 heteroatoms. The van der Waals surface area contributed by atoms with Crippen LogP contribution in [-0.2, 0) is 60.7 Å². The van der Waals surface area contributed by atoms with Crippen molar-refractivity contribution in [2.24, 2.45) is 11.8 Å². The Bertz CT molecular complexity index is 2070. The van der Waals surface area contributed by atoms with Gasteiger partial charge in [-0.25, -0.2) is 4.79 Å². The maximum absolute atomic E-state index is 15.0. The zero-order chi connectivity index (χ0) is 49.5. The van der Waals surface area contributed by atoms with E-state index >= 15 is 0 Å². The third kappa shape index (κ3) is 15.1. The van der Waals surface area contributed by atoms with Gasteiger partial charge in [-0.3, -0.25) is 38.4 Å². The number of nitrogens with one attached hydrogen (secondary N) is 5. The topological polar surface area (TPSA) is 270 Å². The molecule has 67 heavy (non-hydrogen) atoms. The number of rotatable bonds is 15. The van der Waals surface area contributed by atoms with Crippen molar-refractivity contribution in [1.82, 2.24) is 36.4 Å². The number of aliphatic carboxylic acids is 1. The molecule has 2 aromatic rings. The second kappa shape index (κ2) is 25.0. The highest BCUT2D eigenvalue weighted by molar-refractivity contribution is 5.98. The molecule has 0 spiro atoms. The quantitative estimate of drug-likeness (QED) is 0.125. The van der Waals surface area contributed by atoms with Gasteiger partial charge in [0.1, 0.15) is 54.6 Å². The van der Waals surface area contributed by atoms with Crippen LogP contribution in [0.5, 0.6) is 0 Å². The van der Waals surface area contributed by atoms with Gasteiger partial charge in [0.25, 0.3) is 0 Å². The average molecular weight is 934 g/mol. The fraction of sp³-hybridized carbons (Fsp3) is 0.562. The van der Waals surface area contributed by atoms with Crippen molar-refractivity contribution in [3.8, 4) is 0 Å². The maximum atomic E-state index is 15.0. The van der Waals surface area contributed by atoms with E-state index in [1.165, 1.54) is 18.9 Å². The van der Waals surface area contributed by atoms with Gasteiger partial charge in [-0.05, 0) is 62.0 Å². The molecule has 9 atom stereocenters. The molecule has 0 aromatic heterocycles. The van der Waals surface area contributed by atoms with E-state index in [0.29, 0.717) is 17.5 Å². The van der Waals surface area contributed by atoms with Crippen LogP contribution in [0.15, 0.2) is 60.7 Å². The first-order chi connectivity index (χ1) is 31.7. The minimum absolute atomic E-state index is 0.0210. The van der Waals surface area contributed by atoms with Crippen LogP contribution in [0.2, 0.25) is 0 Å². The predicted molar refractivity (Wildman–Crippen MR) is 244 cm³/mol. The summed E-state index contributed by atoms with van der Waals surface area (Å²) in [6.07, 6.45) is -3.59. The lowest BCUT2D eigenvalue weighted by Gasteiger charge is -2.43. The Morgan fingerprint density at radius 3 is 1.94 bits per heavy atom. The lowest BCUT2D eigenvalue weighted by atomic mass is 9.95. The number of benzene rings is 2. The monoisotopic (exact) mass is 933 g/mol. The molecule has 2 heterocycles. The molecule has 2 aliphatic heterocycles. The minimum atomic E-state index is -1.75. The van der Waals surface area contributed by atoms with Crippen LogP contribution in [0.3, 0.4) is 0 Å². The van der Waals surface area contributed by atoms with Gasteiger partial charge in [-0.15, -0.1) is 0 Å². The molecule has 0 saturated carbocycles. The van der Waals surface area contributed by atoms with Gasteiger partial charge in [-0.2, -0.15) is 0 Å². The number of esters is 1. The summed E-state index contributed by atoms with van der Waals surface area (Å²) in [4.78, 5) is 128. The van der Waals surface area contributed by atoms with Gasteiger partial charge in [0.2, 0.25) is 41.4 Å². The SMILES string of the molecule is CCCC(=O)NC(CCC(=O)O)C(=O)NC1C(=O)NC(CC(C)C)C(=O)NC2CCC(O)N(C2=O)C(Cc2ccccc2)C(=O)N(C)C(Cc2ccccc2)C(=O)NC(C(C)C)C(=O)OC1C.